The van der Waals surface area contributed by atoms with Gasteiger partial charge in [0.15, 0.2) is 0 Å². The third-order valence-electron chi connectivity index (χ3n) is 4.27. The molecule has 0 radical (unpaired) electrons. The standard InChI is InChI=1S/C9H11N3O.C7H11F3/c1-12-4-7-2-6(9(10)13)3-11-8(7)5-12;8-7(9,10)6-4-2-1-3-5-6/h2-3H,4-5H2,1H3,(H2,10,13);6H,1-5H2. The number of primary amides is 1. The molecular formula is C16H22F3N3O. The van der Waals surface area contributed by atoms with Gasteiger partial charge in [-0.05, 0) is 31.5 Å². The molecule has 0 spiro atoms. The molecule has 0 unspecified atom stereocenters. The van der Waals surface area contributed by atoms with Crippen molar-refractivity contribution in [3.8, 4) is 0 Å². The molecule has 1 fully saturated rings. The predicted octanol–water partition coefficient (Wildman–Crippen LogP) is 3.25. The molecule has 1 aliphatic heterocycles. The van der Waals surface area contributed by atoms with Crippen molar-refractivity contribution in [3.05, 3.63) is 29.1 Å². The summed E-state index contributed by atoms with van der Waals surface area (Å²) in [6.07, 6.45) is 0.800. The van der Waals surface area contributed by atoms with E-state index in [2.05, 4.69) is 9.88 Å². The van der Waals surface area contributed by atoms with Crippen LogP contribution in [-0.2, 0) is 13.1 Å². The zero-order chi connectivity index (χ0) is 17.0. The average Bonchev–Trinajstić information content (AvgIpc) is 2.87. The van der Waals surface area contributed by atoms with Crippen LogP contribution >= 0.6 is 0 Å². The molecule has 1 aromatic rings. The molecule has 1 saturated carbocycles. The number of nitrogens with zero attached hydrogens (tertiary/aromatic N) is 2. The average molecular weight is 329 g/mol. The topological polar surface area (TPSA) is 59.2 Å². The van der Waals surface area contributed by atoms with Gasteiger partial charge in [-0.25, -0.2) is 0 Å². The molecule has 23 heavy (non-hydrogen) atoms. The summed E-state index contributed by atoms with van der Waals surface area (Å²) in [5.74, 6) is -1.41. The molecule has 2 N–H and O–H groups in total. The molecule has 4 nitrogen and oxygen atoms in total. The number of aromatic nitrogens is 1. The van der Waals surface area contributed by atoms with Crippen molar-refractivity contribution in [1.29, 1.82) is 0 Å². The van der Waals surface area contributed by atoms with E-state index in [-0.39, 0.29) is 0 Å². The van der Waals surface area contributed by atoms with Crippen molar-refractivity contribution in [2.75, 3.05) is 7.05 Å². The lowest BCUT2D eigenvalue weighted by Gasteiger charge is -2.23. The highest BCUT2D eigenvalue weighted by molar-refractivity contribution is 5.92. The van der Waals surface area contributed by atoms with Crippen LogP contribution in [0.4, 0.5) is 13.2 Å². The quantitative estimate of drug-likeness (QED) is 0.860. The zero-order valence-electron chi connectivity index (χ0n) is 13.2. The van der Waals surface area contributed by atoms with Crippen molar-refractivity contribution in [2.24, 2.45) is 11.7 Å². The van der Waals surface area contributed by atoms with Gasteiger partial charge < -0.3 is 5.73 Å². The summed E-state index contributed by atoms with van der Waals surface area (Å²) in [7, 11) is 2.02. The molecular weight excluding hydrogens is 307 g/mol. The summed E-state index contributed by atoms with van der Waals surface area (Å²) in [5, 5.41) is 0. The van der Waals surface area contributed by atoms with Gasteiger partial charge in [-0.2, -0.15) is 13.2 Å². The first-order chi connectivity index (χ1) is 10.8. The Kier molecular flexibility index (Phi) is 5.62. The molecule has 0 saturated heterocycles. The number of amides is 1. The molecule has 0 bridgehead atoms. The zero-order valence-corrected chi connectivity index (χ0v) is 13.2. The van der Waals surface area contributed by atoms with Gasteiger partial charge in [0.1, 0.15) is 0 Å². The monoisotopic (exact) mass is 329 g/mol. The van der Waals surface area contributed by atoms with E-state index < -0.39 is 18.0 Å². The van der Waals surface area contributed by atoms with Crippen LogP contribution in [0.2, 0.25) is 0 Å². The van der Waals surface area contributed by atoms with Gasteiger partial charge in [0.2, 0.25) is 5.91 Å². The normalized spacial score (nSPS) is 19.0. The van der Waals surface area contributed by atoms with Crippen LogP contribution in [0.1, 0.15) is 53.7 Å². The van der Waals surface area contributed by atoms with Crippen LogP contribution < -0.4 is 5.73 Å². The van der Waals surface area contributed by atoms with Crippen LogP contribution in [0.5, 0.6) is 0 Å². The van der Waals surface area contributed by atoms with Crippen LogP contribution in [0, 0.1) is 5.92 Å². The molecule has 128 valence electrons. The third-order valence-corrected chi connectivity index (χ3v) is 4.27. The van der Waals surface area contributed by atoms with Crippen LogP contribution in [0.15, 0.2) is 12.3 Å². The Bertz CT molecular complexity index is 554. The molecule has 2 heterocycles. The van der Waals surface area contributed by atoms with E-state index in [0.717, 1.165) is 43.6 Å². The van der Waals surface area contributed by atoms with Gasteiger partial charge in [0.05, 0.1) is 17.2 Å². The lowest BCUT2D eigenvalue weighted by Crippen LogP contribution is -2.24. The summed E-state index contributed by atoms with van der Waals surface area (Å²) >= 11 is 0. The molecule has 3 rings (SSSR count). The first-order valence-electron chi connectivity index (χ1n) is 7.80. The SMILES string of the molecule is CN1Cc2cc(C(N)=O)cnc2C1.FC(F)(F)C1CCCCC1. The highest BCUT2D eigenvalue weighted by Gasteiger charge is 2.39. The number of rotatable bonds is 1. The number of pyridine rings is 1. The second-order valence-electron chi connectivity index (χ2n) is 6.24. The van der Waals surface area contributed by atoms with Crippen LogP contribution in [0.3, 0.4) is 0 Å². The Morgan fingerprint density at radius 1 is 1.26 bits per heavy atom. The Balaban J connectivity index is 0.000000174. The number of carbonyl (C=O) groups excluding carboxylic acids is 1. The van der Waals surface area contributed by atoms with Crippen molar-refractivity contribution in [2.45, 2.75) is 51.4 Å². The number of halogens is 3. The van der Waals surface area contributed by atoms with Gasteiger partial charge in [-0.3, -0.25) is 14.7 Å². The Labute approximate surface area is 133 Å². The number of fused-ring (bicyclic) bond motifs is 1. The lowest BCUT2D eigenvalue weighted by atomic mass is 9.89. The molecule has 1 amide bonds. The van der Waals surface area contributed by atoms with Crippen molar-refractivity contribution in [3.63, 3.8) is 0 Å². The van der Waals surface area contributed by atoms with Crippen molar-refractivity contribution < 1.29 is 18.0 Å². The summed E-state index contributed by atoms with van der Waals surface area (Å²) in [5.41, 5.74) is 7.80. The Hall–Kier alpha value is -1.63. The summed E-state index contributed by atoms with van der Waals surface area (Å²) in [4.78, 5) is 17.2. The van der Waals surface area contributed by atoms with E-state index >= 15 is 0 Å². The van der Waals surface area contributed by atoms with E-state index in [1.165, 1.54) is 0 Å². The predicted molar refractivity (Wildman–Crippen MR) is 80.6 cm³/mol. The summed E-state index contributed by atoms with van der Waals surface area (Å²) in [6.45, 7) is 1.71. The van der Waals surface area contributed by atoms with Crippen molar-refractivity contribution in [1.82, 2.24) is 9.88 Å². The number of carbonyl (C=O) groups is 1. The summed E-state index contributed by atoms with van der Waals surface area (Å²) in [6, 6.07) is 1.83. The van der Waals surface area contributed by atoms with Gasteiger partial charge in [-0.1, -0.05) is 19.3 Å². The molecule has 1 aliphatic carbocycles. The van der Waals surface area contributed by atoms with Gasteiger partial charge in [-0.15, -0.1) is 0 Å². The highest BCUT2D eigenvalue weighted by atomic mass is 19.4. The molecule has 0 aromatic carbocycles. The first-order valence-corrected chi connectivity index (χ1v) is 7.80. The van der Waals surface area contributed by atoms with Gasteiger partial charge in [0, 0.05) is 19.3 Å². The fourth-order valence-corrected chi connectivity index (χ4v) is 2.98. The number of hydrogen-bond acceptors (Lipinski definition) is 3. The van der Waals surface area contributed by atoms with Crippen LogP contribution in [0.25, 0.3) is 0 Å². The number of nitrogens with two attached hydrogens (primary N) is 1. The largest absolute Gasteiger partial charge is 0.391 e. The van der Waals surface area contributed by atoms with E-state index in [0.29, 0.717) is 18.4 Å². The second-order valence-corrected chi connectivity index (χ2v) is 6.24. The molecule has 7 heteroatoms. The third kappa shape index (κ3) is 4.92. The molecule has 1 aromatic heterocycles. The van der Waals surface area contributed by atoms with Crippen molar-refractivity contribution >= 4 is 5.91 Å². The minimum absolute atomic E-state index is 0.351. The van der Waals surface area contributed by atoms with E-state index in [1.54, 1.807) is 6.20 Å². The molecule has 0 atom stereocenters. The fourth-order valence-electron chi connectivity index (χ4n) is 2.98. The van der Waals surface area contributed by atoms with Crippen LogP contribution in [-0.4, -0.2) is 29.0 Å². The highest BCUT2D eigenvalue weighted by Crippen LogP contribution is 2.37. The Morgan fingerprint density at radius 2 is 1.91 bits per heavy atom. The number of alkyl halides is 3. The lowest BCUT2D eigenvalue weighted by molar-refractivity contribution is -0.181. The smallest absolute Gasteiger partial charge is 0.366 e. The van der Waals surface area contributed by atoms with Gasteiger partial charge >= 0.3 is 6.18 Å². The minimum Gasteiger partial charge on any atom is -0.366 e. The van der Waals surface area contributed by atoms with E-state index in [1.807, 2.05) is 13.1 Å². The maximum Gasteiger partial charge on any atom is 0.391 e. The molecule has 2 aliphatic rings. The van der Waals surface area contributed by atoms with Gasteiger partial charge in [0.25, 0.3) is 0 Å². The van der Waals surface area contributed by atoms with E-state index in [4.69, 9.17) is 5.73 Å². The maximum atomic E-state index is 11.9. The second kappa shape index (κ2) is 7.29. The fraction of sp³-hybridized carbons (Fsp3) is 0.625. The maximum absolute atomic E-state index is 11.9. The van der Waals surface area contributed by atoms with E-state index in [9.17, 15) is 18.0 Å². The number of hydrogen-bond donors (Lipinski definition) is 1. The Morgan fingerprint density at radius 3 is 2.43 bits per heavy atom. The first kappa shape index (κ1) is 17.7. The minimum atomic E-state index is -3.93. The summed E-state index contributed by atoms with van der Waals surface area (Å²) < 4.78 is 35.8.